The number of likely N-dealkylation sites (N-methyl/N-ethyl adjacent to an activating group) is 1. The number of benzene rings is 2. The van der Waals surface area contributed by atoms with Gasteiger partial charge in [-0.3, -0.25) is 9.69 Å². The number of fused-ring (bicyclic) bond motifs is 1. The predicted molar refractivity (Wildman–Crippen MR) is 132 cm³/mol. The molecule has 166 valence electrons. The van der Waals surface area contributed by atoms with Crippen LogP contribution in [0.3, 0.4) is 0 Å². The Morgan fingerprint density at radius 3 is 2.29 bits per heavy atom. The van der Waals surface area contributed by atoms with E-state index in [1.165, 1.54) is 18.4 Å². The number of ether oxygens (including phenoxy) is 1. The SMILES string of the molecule is CCN(CC)CCN(C(=O)c1ccc(C(=O)OC)cc1)c1nc2ccc(Br)cc2s1.Cl. The summed E-state index contributed by atoms with van der Waals surface area (Å²) in [7, 11) is 1.34. The first-order chi connectivity index (χ1) is 14.5. The number of aromatic nitrogens is 1. The largest absolute Gasteiger partial charge is 0.465 e. The number of hydrogen-bond acceptors (Lipinski definition) is 6. The lowest BCUT2D eigenvalue weighted by Gasteiger charge is -2.24. The third-order valence-electron chi connectivity index (χ3n) is 4.90. The number of thiazole rings is 1. The Hall–Kier alpha value is -2.00. The van der Waals surface area contributed by atoms with Gasteiger partial charge >= 0.3 is 5.97 Å². The Kier molecular flexibility index (Phi) is 9.43. The van der Waals surface area contributed by atoms with E-state index in [-0.39, 0.29) is 18.3 Å². The van der Waals surface area contributed by atoms with E-state index in [1.807, 2.05) is 18.2 Å². The van der Waals surface area contributed by atoms with Crippen LogP contribution in [-0.2, 0) is 4.74 Å². The number of nitrogens with zero attached hydrogens (tertiary/aromatic N) is 3. The van der Waals surface area contributed by atoms with Crippen LogP contribution in [0.15, 0.2) is 46.9 Å². The molecular weight excluding hydrogens is 502 g/mol. The van der Waals surface area contributed by atoms with Crippen LogP contribution in [0.2, 0.25) is 0 Å². The molecule has 0 spiro atoms. The van der Waals surface area contributed by atoms with Crippen molar-refractivity contribution >= 4 is 66.9 Å². The highest BCUT2D eigenvalue weighted by molar-refractivity contribution is 9.10. The summed E-state index contributed by atoms with van der Waals surface area (Å²) in [4.78, 5) is 33.8. The van der Waals surface area contributed by atoms with Gasteiger partial charge in [-0.2, -0.15) is 0 Å². The highest BCUT2D eigenvalue weighted by Crippen LogP contribution is 2.31. The average molecular weight is 527 g/mol. The number of rotatable bonds is 8. The summed E-state index contributed by atoms with van der Waals surface area (Å²) in [5, 5.41) is 0.664. The van der Waals surface area contributed by atoms with E-state index >= 15 is 0 Å². The van der Waals surface area contributed by atoms with Gasteiger partial charge in [-0.1, -0.05) is 41.1 Å². The molecule has 0 bridgehead atoms. The van der Waals surface area contributed by atoms with Crippen molar-refractivity contribution in [3.8, 4) is 0 Å². The molecule has 0 aliphatic heterocycles. The van der Waals surface area contributed by atoms with Gasteiger partial charge < -0.3 is 9.64 Å². The highest BCUT2D eigenvalue weighted by Gasteiger charge is 2.22. The van der Waals surface area contributed by atoms with Crippen molar-refractivity contribution < 1.29 is 14.3 Å². The minimum absolute atomic E-state index is 0. The molecule has 2 aromatic carbocycles. The van der Waals surface area contributed by atoms with E-state index in [0.29, 0.717) is 22.8 Å². The zero-order valence-electron chi connectivity index (χ0n) is 17.6. The summed E-state index contributed by atoms with van der Waals surface area (Å²) < 4.78 is 6.73. The third kappa shape index (κ3) is 6.04. The van der Waals surface area contributed by atoms with E-state index in [4.69, 9.17) is 9.72 Å². The molecule has 9 heteroatoms. The van der Waals surface area contributed by atoms with Gasteiger partial charge in [0.05, 0.1) is 22.9 Å². The maximum absolute atomic E-state index is 13.4. The summed E-state index contributed by atoms with van der Waals surface area (Å²) in [6.07, 6.45) is 0. The van der Waals surface area contributed by atoms with Gasteiger partial charge in [0.15, 0.2) is 5.13 Å². The summed E-state index contributed by atoms with van der Waals surface area (Å²) in [6.45, 7) is 7.32. The van der Waals surface area contributed by atoms with E-state index < -0.39 is 5.97 Å². The number of esters is 1. The molecule has 0 saturated carbocycles. The second-order valence-electron chi connectivity index (χ2n) is 6.66. The molecule has 3 rings (SSSR count). The Labute approximate surface area is 200 Å². The van der Waals surface area contributed by atoms with Gasteiger partial charge in [-0.15, -0.1) is 12.4 Å². The lowest BCUT2D eigenvalue weighted by Crippen LogP contribution is -2.38. The molecule has 0 saturated heterocycles. The van der Waals surface area contributed by atoms with Gasteiger partial charge in [0, 0.05) is 23.1 Å². The fourth-order valence-corrected chi connectivity index (χ4v) is 4.63. The maximum Gasteiger partial charge on any atom is 0.337 e. The molecule has 0 fully saturated rings. The summed E-state index contributed by atoms with van der Waals surface area (Å²) in [5.74, 6) is -0.569. The third-order valence-corrected chi connectivity index (χ3v) is 6.44. The molecule has 1 heterocycles. The number of halogens is 2. The fraction of sp³-hybridized carbons (Fsp3) is 0.318. The molecule has 0 unspecified atom stereocenters. The Morgan fingerprint density at radius 1 is 1.03 bits per heavy atom. The smallest absolute Gasteiger partial charge is 0.337 e. The first-order valence-corrected chi connectivity index (χ1v) is 11.4. The van der Waals surface area contributed by atoms with Crippen LogP contribution in [0, 0.1) is 0 Å². The van der Waals surface area contributed by atoms with E-state index in [2.05, 4.69) is 34.7 Å². The first-order valence-electron chi connectivity index (χ1n) is 9.75. The molecule has 1 aromatic heterocycles. The predicted octanol–water partition coefficient (Wildman–Crippen LogP) is 5.26. The van der Waals surface area contributed by atoms with Crippen molar-refractivity contribution in [3.05, 3.63) is 58.1 Å². The van der Waals surface area contributed by atoms with Crippen LogP contribution in [0.5, 0.6) is 0 Å². The van der Waals surface area contributed by atoms with Crippen LogP contribution in [0.4, 0.5) is 5.13 Å². The van der Waals surface area contributed by atoms with Crippen molar-refractivity contribution in [2.75, 3.05) is 38.2 Å². The van der Waals surface area contributed by atoms with E-state index in [0.717, 1.165) is 34.3 Å². The molecule has 0 aliphatic carbocycles. The topological polar surface area (TPSA) is 62.7 Å². The molecule has 3 aromatic rings. The van der Waals surface area contributed by atoms with Crippen molar-refractivity contribution in [3.63, 3.8) is 0 Å². The number of carbonyl (C=O) groups is 2. The second-order valence-corrected chi connectivity index (χ2v) is 8.59. The molecular formula is C22H25BrClN3O3S. The summed E-state index contributed by atoms with van der Waals surface area (Å²) in [6, 6.07) is 12.4. The first kappa shape index (κ1) is 25.3. The number of anilines is 1. The molecule has 6 nitrogen and oxygen atoms in total. The molecule has 0 radical (unpaired) electrons. The quantitative estimate of drug-likeness (QED) is 0.375. The standard InChI is InChI=1S/C22H24BrN3O3S.ClH/c1-4-25(5-2)12-13-26(22-24-18-11-10-17(23)14-19(18)30-22)20(27)15-6-8-16(9-7-15)21(28)29-3;/h6-11,14H,4-5,12-13H2,1-3H3;1H. The molecule has 0 N–H and O–H groups in total. The number of methoxy groups -OCH3 is 1. The molecule has 1 amide bonds. The Balaban J connectivity index is 0.00000341. The number of amides is 1. The zero-order valence-corrected chi connectivity index (χ0v) is 20.8. The fourth-order valence-electron chi connectivity index (χ4n) is 3.09. The van der Waals surface area contributed by atoms with E-state index in [1.54, 1.807) is 29.2 Å². The molecule has 0 aliphatic rings. The van der Waals surface area contributed by atoms with Crippen LogP contribution in [0.25, 0.3) is 10.2 Å². The number of hydrogen-bond donors (Lipinski definition) is 0. The van der Waals surface area contributed by atoms with Crippen LogP contribution in [-0.4, -0.2) is 55.0 Å². The summed E-state index contributed by atoms with van der Waals surface area (Å²) >= 11 is 4.98. The number of carbonyl (C=O) groups excluding carboxylic acids is 2. The van der Waals surface area contributed by atoms with Crippen LogP contribution in [0.1, 0.15) is 34.6 Å². The normalized spacial score (nSPS) is 10.7. The second kappa shape index (κ2) is 11.6. The van der Waals surface area contributed by atoms with Crippen LogP contribution >= 0.6 is 39.7 Å². The van der Waals surface area contributed by atoms with Crippen molar-refractivity contribution in [2.45, 2.75) is 13.8 Å². The monoisotopic (exact) mass is 525 g/mol. The van der Waals surface area contributed by atoms with Gasteiger partial charge in [0.25, 0.3) is 5.91 Å². The van der Waals surface area contributed by atoms with Gasteiger partial charge in [0.2, 0.25) is 0 Å². The lowest BCUT2D eigenvalue weighted by molar-refractivity contribution is 0.0600. The highest BCUT2D eigenvalue weighted by atomic mass is 79.9. The summed E-state index contributed by atoms with van der Waals surface area (Å²) in [5.41, 5.74) is 1.77. The van der Waals surface area contributed by atoms with Gasteiger partial charge in [-0.25, -0.2) is 9.78 Å². The lowest BCUT2D eigenvalue weighted by atomic mass is 10.1. The van der Waals surface area contributed by atoms with E-state index in [9.17, 15) is 9.59 Å². The minimum atomic E-state index is -0.427. The van der Waals surface area contributed by atoms with Crippen molar-refractivity contribution in [1.82, 2.24) is 9.88 Å². The average Bonchev–Trinajstić information content (AvgIpc) is 3.18. The van der Waals surface area contributed by atoms with Crippen LogP contribution < -0.4 is 4.90 Å². The van der Waals surface area contributed by atoms with Gasteiger partial charge in [0.1, 0.15) is 0 Å². The Bertz CT molecular complexity index is 1040. The minimum Gasteiger partial charge on any atom is -0.465 e. The maximum atomic E-state index is 13.4. The Morgan fingerprint density at radius 2 is 1.68 bits per heavy atom. The zero-order chi connectivity index (χ0) is 21.7. The van der Waals surface area contributed by atoms with Crippen molar-refractivity contribution in [2.24, 2.45) is 0 Å². The molecule has 0 atom stereocenters. The van der Waals surface area contributed by atoms with Gasteiger partial charge in [-0.05, 0) is 55.6 Å². The van der Waals surface area contributed by atoms with Crippen molar-refractivity contribution in [1.29, 1.82) is 0 Å². The molecule has 31 heavy (non-hydrogen) atoms.